The second-order valence-electron chi connectivity index (χ2n) is 11.8. The van der Waals surface area contributed by atoms with Crippen molar-refractivity contribution in [2.45, 2.75) is 41.9 Å². The molecular weight excluding hydrogens is 575 g/mol. The van der Waals surface area contributed by atoms with Gasteiger partial charge >= 0.3 is 0 Å². The number of hydrogen-bond donors (Lipinski definition) is 1. The van der Waals surface area contributed by atoms with Crippen molar-refractivity contribution >= 4 is 63.3 Å². The zero-order valence-electron chi connectivity index (χ0n) is 23.0. The van der Waals surface area contributed by atoms with Gasteiger partial charge in [0.2, 0.25) is 11.8 Å². The van der Waals surface area contributed by atoms with Crippen LogP contribution in [0.3, 0.4) is 0 Å². The molecule has 4 aliphatic rings. The maximum Gasteiger partial charge on any atom is 0.253 e. The molecule has 6 atom stereocenters. The summed E-state index contributed by atoms with van der Waals surface area (Å²) in [5.74, 6) is -5.14. The van der Waals surface area contributed by atoms with E-state index in [2.05, 4.69) is 0 Å². The zero-order chi connectivity index (χ0) is 29.7. The molecule has 2 heterocycles. The second kappa shape index (κ2) is 9.16. The molecule has 3 aromatic carbocycles. The minimum absolute atomic E-state index is 0.0675. The molecule has 0 aromatic heterocycles. The number of carbonyl (C=O) groups excluding carboxylic acids is 4. The number of halogens is 2. The summed E-state index contributed by atoms with van der Waals surface area (Å²) in [6.07, 6.45) is 2.86. The van der Waals surface area contributed by atoms with Crippen molar-refractivity contribution in [3.63, 3.8) is 0 Å². The minimum Gasteiger partial charge on any atom is -0.507 e. The second-order valence-corrected chi connectivity index (χ2v) is 13.0. The maximum atomic E-state index is 14.1. The highest BCUT2D eigenvalue weighted by atomic mass is 35.5. The summed E-state index contributed by atoms with van der Waals surface area (Å²) in [5, 5.41) is 12.9. The first kappa shape index (κ1) is 27.2. The Kier molecular flexibility index (Phi) is 5.92. The molecule has 3 fully saturated rings. The lowest BCUT2D eigenvalue weighted by atomic mass is 9.56. The average molecular weight is 604 g/mol. The molecule has 9 heteroatoms. The van der Waals surface area contributed by atoms with E-state index >= 15 is 0 Å². The van der Waals surface area contributed by atoms with E-state index < -0.39 is 45.2 Å². The Balaban J connectivity index is 1.40. The monoisotopic (exact) mass is 602 g/mol. The number of phenols is 1. The molecule has 42 heavy (non-hydrogen) atoms. The third-order valence-electron chi connectivity index (χ3n) is 9.86. The van der Waals surface area contributed by atoms with Crippen molar-refractivity contribution < 1.29 is 24.3 Å². The number of aryl methyl sites for hydroxylation is 1. The molecule has 7 nitrogen and oxygen atoms in total. The molecule has 0 unspecified atom stereocenters. The summed E-state index contributed by atoms with van der Waals surface area (Å²) in [7, 11) is 1.35. The van der Waals surface area contributed by atoms with Gasteiger partial charge in [-0.05, 0) is 48.3 Å². The number of carbonyl (C=O) groups is 4. The Hall–Kier alpha value is -3.68. The lowest BCUT2D eigenvalue weighted by Gasteiger charge is -2.50. The summed E-state index contributed by atoms with van der Waals surface area (Å²) >= 11 is 14.5. The van der Waals surface area contributed by atoms with Crippen molar-refractivity contribution in [3.05, 3.63) is 83.4 Å². The van der Waals surface area contributed by atoms with Gasteiger partial charge in [0.05, 0.1) is 17.5 Å². The summed E-state index contributed by atoms with van der Waals surface area (Å²) < 4.78 is 0. The first-order valence-corrected chi connectivity index (χ1v) is 14.9. The molecule has 0 radical (unpaired) electrons. The molecule has 2 aliphatic heterocycles. The van der Waals surface area contributed by atoms with Crippen LogP contribution in [0.25, 0.3) is 10.8 Å². The van der Waals surface area contributed by atoms with Crippen molar-refractivity contribution in [3.8, 4) is 5.75 Å². The average Bonchev–Trinajstić information content (AvgIpc) is 3.33. The number of anilines is 1. The van der Waals surface area contributed by atoms with Crippen molar-refractivity contribution in [2.75, 3.05) is 11.9 Å². The van der Waals surface area contributed by atoms with E-state index in [1.165, 1.54) is 11.9 Å². The Morgan fingerprint density at radius 1 is 0.905 bits per heavy atom. The lowest BCUT2D eigenvalue weighted by molar-refractivity contribution is -0.138. The quantitative estimate of drug-likeness (QED) is 0.249. The van der Waals surface area contributed by atoms with Crippen LogP contribution in [0.4, 0.5) is 5.69 Å². The maximum absolute atomic E-state index is 14.1. The van der Waals surface area contributed by atoms with Crippen LogP contribution >= 0.6 is 23.2 Å². The number of fused-ring (bicyclic) bond motifs is 5. The normalized spacial score (nSPS) is 32.2. The molecule has 3 aromatic rings. The van der Waals surface area contributed by atoms with Crippen LogP contribution in [0.15, 0.2) is 72.3 Å². The number of nitrogens with zero attached hydrogens (tertiary/aromatic N) is 2. The number of phenolic OH excluding ortho intramolecular Hbond substituents is 1. The molecule has 0 bridgehead atoms. The van der Waals surface area contributed by atoms with Crippen LogP contribution < -0.4 is 4.90 Å². The minimum atomic E-state index is -1.95. The molecule has 4 amide bonds. The van der Waals surface area contributed by atoms with Gasteiger partial charge in [-0.25, -0.2) is 0 Å². The van der Waals surface area contributed by atoms with E-state index in [1.807, 2.05) is 43.3 Å². The number of amides is 4. The van der Waals surface area contributed by atoms with Crippen LogP contribution in [-0.2, 0) is 25.6 Å². The van der Waals surface area contributed by atoms with E-state index in [9.17, 15) is 24.3 Å². The molecule has 0 spiro atoms. The fourth-order valence-corrected chi connectivity index (χ4v) is 8.74. The Morgan fingerprint density at radius 2 is 1.62 bits per heavy atom. The predicted octanol–water partition coefficient (Wildman–Crippen LogP) is 5.30. The molecule has 2 saturated heterocycles. The van der Waals surface area contributed by atoms with Gasteiger partial charge in [0.15, 0.2) is 9.75 Å². The van der Waals surface area contributed by atoms with Gasteiger partial charge in [0.25, 0.3) is 11.8 Å². The SMILES string of the molecule is CCc1ccc(N2C(=O)[C@H]3[C@H](CC=C4[C@H]3C[C@@]3(Cl)C(=O)N(C)C(=O)[C@@]3(Cl)[C@H]4c3ccc4ccccc4c3O)C2=O)cc1. The van der Waals surface area contributed by atoms with Crippen LogP contribution in [-0.4, -0.2) is 50.4 Å². The Morgan fingerprint density at radius 3 is 2.33 bits per heavy atom. The molecule has 1 saturated carbocycles. The van der Waals surface area contributed by atoms with Gasteiger partial charge in [0.1, 0.15) is 5.75 Å². The van der Waals surface area contributed by atoms with Gasteiger partial charge in [-0.2, -0.15) is 0 Å². The van der Waals surface area contributed by atoms with Gasteiger partial charge in [-0.1, -0.05) is 67.1 Å². The summed E-state index contributed by atoms with van der Waals surface area (Å²) in [6.45, 7) is 2.03. The van der Waals surface area contributed by atoms with Gasteiger partial charge in [0, 0.05) is 23.9 Å². The van der Waals surface area contributed by atoms with Crippen molar-refractivity contribution in [2.24, 2.45) is 17.8 Å². The smallest absolute Gasteiger partial charge is 0.253 e. The Labute approximate surface area is 252 Å². The van der Waals surface area contributed by atoms with Gasteiger partial charge in [-0.15, -0.1) is 23.2 Å². The van der Waals surface area contributed by atoms with Gasteiger partial charge < -0.3 is 5.11 Å². The van der Waals surface area contributed by atoms with Crippen molar-refractivity contribution in [1.29, 1.82) is 0 Å². The number of imide groups is 2. The summed E-state index contributed by atoms with van der Waals surface area (Å²) in [4.78, 5) is 53.6. The Bertz CT molecular complexity index is 1750. The van der Waals surface area contributed by atoms with E-state index in [-0.39, 0.29) is 30.4 Å². The third kappa shape index (κ3) is 3.29. The summed E-state index contributed by atoms with van der Waals surface area (Å²) in [5.41, 5.74) is 2.58. The fourth-order valence-electron chi connectivity index (χ4n) is 7.73. The molecule has 214 valence electrons. The fraction of sp³-hybridized carbons (Fsp3) is 0.333. The highest BCUT2D eigenvalue weighted by molar-refractivity contribution is 6.53. The number of benzene rings is 3. The predicted molar refractivity (Wildman–Crippen MR) is 159 cm³/mol. The highest BCUT2D eigenvalue weighted by Gasteiger charge is 2.76. The van der Waals surface area contributed by atoms with Crippen LogP contribution in [0.2, 0.25) is 0 Å². The van der Waals surface area contributed by atoms with E-state index in [0.29, 0.717) is 22.2 Å². The summed E-state index contributed by atoms with van der Waals surface area (Å²) in [6, 6.07) is 18.2. The van der Waals surface area contributed by atoms with Crippen LogP contribution in [0.5, 0.6) is 5.75 Å². The molecular formula is C33H28Cl2N2O5. The number of allylic oxidation sites excluding steroid dienone is 2. The first-order chi connectivity index (χ1) is 20.0. The molecule has 7 rings (SSSR count). The zero-order valence-corrected chi connectivity index (χ0v) is 24.5. The largest absolute Gasteiger partial charge is 0.507 e. The van der Waals surface area contributed by atoms with Crippen LogP contribution in [0, 0.1) is 17.8 Å². The number of aromatic hydroxyl groups is 1. The standard InChI is InChI=1S/C33H28Cl2N2O5/c1-3-17-8-11-19(12-9-17)37-28(39)22-15-14-21-24(25(22)29(37)40)16-32(34)30(41)36(2)31(42)33(32,35)26(21)23-13-10-18-6-4-5-7-20(18)27(23)38/h4-14,22,24-26,38H,3,15-16H2,1-2H3/t22-,24+,25-,26+,32+,33-/m0/s1. The number of hydrogen-bond acceptors (Lipinski definition) is 5. The van der Waals surface area contributed by atoms with Crippen molar-refractivity contribution in [1.82, 2.24) is 4.90 Å². The number of rotatable bonds is 3. The lowest BCUT2D eigenvalue weighted by Crippen LogP contribution is -2.60. The van der Waals surface area contributed by atoms with Crippen LogP contribution in [0.1, 0.15) is 36.8 Å². The number of likely N-dealkylation sites (tertiary alicyclic amines) is 1. The molecule has 1 N–H and O–H groups in total. The van der Waals surface area contributed by atoms with E-state index in [4.69, 9.17) is 23.2 Å². The first-order valence-electron chi connectivity index (χ1n) is 14.1. The topological polar surface area (TPSA) is 95.0 Å². The third-order valence-corrected chi connectivity index (χ3v) is 11.3. The van der Waals surface area contributed by atoms with Gasteiger partial charge in [-0.3, -0.25) is 29.0 Å². The molecule has 2 aliphatic carbocycles. The van der Waals surface area contributed by atoms with E-state index in [1.54, 1.807) is 30.3 Å². The highest BCUT2D eigenvalue weighted by Crippen LogP contribution is 2.66. The van der Waals surface area contributed by atoms with E-state index in [0.717, 1.165) is 22.3 Å². The number of alkyl halides is 2.